The molecule has 2 rings (SSSR count). The number of rotatable bonds is 6. The molecule has 0 bridgehead atoms. The first-order valence-electron chi connectivity index (χ1n) is 8.76. The van der Waals surface area contributed by atoms with E-state index < -0.39 is 11.4 Å². The largest absolute Gasteiger partial charge is 0.591 e. The van der Waals surface area contributed by atoms with Crippen LogP contribution >= 0.6 is 23.2 Å². The Labute approximate surface area is 169 Å². The lowest BCUT2D eigenvalue weighted by atomic mass is 9.64. The summed E-state index contributed by atoms with van der Waals surface area (Å²) >= 11 is 10.6. The van der Waals surface area contributed by atoms with Gasteiger partial charge in [-0.2, -0.15) is 0 Å². The van der Waals surface area contributed by atoms with Gasteiger partial charge in [-0.15, -0.1) is 0 Å². The van der Waals surface area contributed by atoms with Gasteiger partial charge in [-0.05, 0) is 65.2 Å². The summed E-state index contributed by atoms with van der Waals surface area (Å²) in [5.74, 6) is -0.175. The number of hydrogen-bond acceptors (Lipinski definition) is 3. The summed E-state index contributed by atoms with van der Waals surface area (Å²) in [5.41, 5.74) is 1.37. The standard InChI is InChI=1S/C19H26Cl2N2O2S/c1-13(23-26(25)18(2,3)4)19(8-5-9-19)10-11-22-17(24)14-6-7-15(20)16(21)12-14/h6-7,12H,5,8-11H2,1-4H3,(H,22,24)/b23-13-. The molecule has 7 heteroatoms. The van der Waals surface area contributed by atoms with E-state index in [1.165, 1.54) is 0 Å². The van der Waals surface area contributed by atoms with Crippen LogP contribution in [-0.2, 0) is 11.4 Å². The van der Waals surface area contributed by atoms with Gasteiger partial charge >= 0.3 is 0 Å². The molecule has 144 valence electrons. The number of amides is 1. The molecule has 0 aromatic heterocycles. The van der Waals surface area contributed by atoms with Gasteiger partial charge in [0.1, 0.15) is 16.1 Å². The molecule has 0 heterocycles. The number of hydrogen-bond donors (Lipinski definition) is 1. The van der Waals surface area contributed by atoms with Gasteiger partial charge in [0.15, 0.2) is 0 Å². The molecular weight excluding hydrogens is 391 g/mol. The minimum atomic E-state index is -1.26. The van der Waals surface area contributed by atoms with Gasteiger partial charge in [0.25, 0.3) is 5.91 Å². The van der Waals surface area contributed by atoms with E-state index in [-0.39, 0.29) is 16.1 Å². The summed E-state index contributed by atoms with van der Waals surface area (Å²) in [7, 11) is 0. The molecule has 0 saturated heterocycles. The van der Waals surface area contributed by atoms with Crippen molar-refractivity contribution in [2.45, 2.75) is 58.1 Å². The summed E-state index contributed by atoms with van der Waals surface area (Å²) < 4.78 is 16.4. The lowest BCUT2D eigenvalue weighted by Gasteiger charge is -2.41. The molecule has 1 N–H and O–H groups in total. The zero-order valence-electron chi connectivity index (χ0n) is 15.7. The van der Waals surface area contributed by atoms with Crippen LogP contribution < -0.4 is 5.32 Å². The van der Waals surface area contributed by atoms with Crippen LogP contribution in [-0.4, -0.2) is 27.5 Å². The molecule has 1 amide bonds. The first-order valence-corrected chi connectivity index (χ1v) is 10.6. The van der Waals surface area contributed by atoms with E-state index in [9.17, 15) is 9.35 Å². The van der Waals surface area contributed by atoms with Crippen LogP contribution in [0.2, 0.25) is 10.0 Å². The van der Waals surface area contributed by atoms with Gasteiger partial charge in [0.05, 0.1) is 15.8 Å². The molecule has 1 aliphatic rings. The van der Waals surface area contributed by atoms with Crippen LogP contribution in [0.3, 0.4) is 0 Å². The Morgan fingerprint density at radius 2 is 1.96 bits per heavy atom. The third-order valence-electron chi connectivity index (χ3n) is 4.89. The molecule has 1 aromatic carbocycles. The molecular formula is C19H26Cl2N2O2S. The first kappa shape index (κ1) is 21.5. The highest BCUT2D eigenvalue weighted by molar-refractivity contribution is 7.91. The highest BCUT2D eigenvalue weighted by Crippen LogP contribution is 2.45. The summed E-state index contributed by atoms with van der Waals surface area (Å²) in [6.07, 6.45) is 3.96. The summed E-state index contributed by atoms with van der Waals surface area (Å²) in [6, 6.07) is 4.84. The molecule has 1 saturated carbocycles. The quantitative estimate of drug-likeness (QED) is 0.510. The van der Waals surface area contributed by atoms with E-state index in [0.717, 1.165) is 31.4 Å². The average Bonchev–Trinajstić information content (AvgIpc) is 2.51. The van der Waals surface area contributed by atoms with Crippen LogP contribution in [0.1, 0.15) is 63.7 Å². The third kappa shape index (κ3) is 5.16. The van der Waals surface area contributed by atoms with Crippen LogP contribution in [0, 0.1) is 5.41 Å². The minimum absolute atomic E-state index is 0.0498. The maximum Gasteiger partial charge on any atom is 0.251 e. The fraction of sp³-hybridized carbons (Fsp3) is 0.579. The zero-order chi connectivity index (χ0) is 19.5. The van der Waals surface area contributed by atoms with Crippen molar-refractivity contribution in [2.24, 2.45) is 9.81 Å². The Morgan fingerprint density at radius 1 is 1.31 bits per heavy atom. The van der Waals surface area contributed by atoms with Crippen molar-refractivity contribution in [1.29, 1.82) is 0 Å². The van der Waals surface area contributed by atoms with E-state index >= 15 is 0 Å². The van der Waals surface area contributed by atoms with Crippen molar-refractivity contribution in [2.75, 3.05) is 6.54 Å². The van der Waals surface area contributed by atoms with Crippen LogP contribution in [0.15, 0.2) is 22.6 Å². The van der Waals surface area contributed by atoms with Crippen molar-refractivity contribution in [3.8, 4) is 0 Å². The molecule has 0 spiro atoms. The van der Waals surface area contributed by atoms with Crippen molar-refractivity contribution in [1.82, 2.24) is 5.32 Å². The summed E-state index contributed by atoms with van der Waals surface area (Å²) in [5, 5.41) is 3.73. The fourth-order valence-electron chi connectivity index (χ4n) is 2.91. The fourth-order valence-corrected chi connectivity index (χ4v) is 3.92. The minimum Gasteiger partial charge on any atom is -0.591 e. The Hall–Kier alpha value is -0.750. The molecule has 1 aromatic rings. The summed E-state index contributed by atoms with van der Waals surface area (Å²) in [4.78, 5) is 12.3. The predicted molar refractivity (Wildman–Crippen MR) is 111 cm³/mol. The SMILES string of the molecule is C/C(=N/[S+]([O-])C(C)(C)C)C1(CCNC(=O)c2ccc(Cl)c(Cl)c2)CCC1. The second-order valence-corrected chi connectivity index (χ2v) is 10.5. The van der Waals surface area contributed by atoms with Crippen molar-refractivity contribution < 1.29 is 9.35 Å². The third-order valence-corrected chi connectivity index (χ3v) is 7.12. The first-order chi connectivity index (χ1) is 12.0. The molecule has 1 unspecified atom stereocenters. The zero-order valence-corrected chi connectivity index (χ0v) is 18.0. The van der Waals surface area contributed by atoms with E-state index in [1.807, 2.05) is 27.7 Å². The average molecular weight is 417 g/mol. The molecule has 4 nitrogen and oxygen atoms in total. The van der Waals surface area contributed by atoms with Gasteiger partial charge in [-0.3, -0.25) is 4.79 Å². The number of carbonyl (C=O) groups is 1. The molecule has 1 fully saturated rings. The van der Waals surface area contributed by atoms with E-state index in [1.54, 1.807) is 18.2 Å². The maximum atomic E-state index is 12.3. The second-order valence-electron chi connectivity index (χ2n) is 7.81. The van der Waals surface area contributed by atoms with Crippen molar-refractivity contribution >= 4 is 46.2 Å². The Kier molecular flexibility index (Phi) is 7.05. The topological polar surface area (TPSA) is 64.5 Å². The number of halogens is 2. The molecule has 1 aliphatic carbocycles. The van der Waals surface area contributed by atoms with Crippen molar-refractivity contribution in [3.05, 3.63) is 33.8 Å². The highest BCUT2D eigenvalue weighted by Gasteiger charge is 2.41. The van der Waals surface area contributed by atoms with E-state index in [2.05, 4.69) is 9.71 Å². The van der Waals surface area contributed by atoms with Gasteiger partial charge in [-0.1, -0.05) is 34.0 Å². The lowest BCUT2D eigenvalue weighted by Crippen LogP contribution is -2.41. The summed E-state index contributed by atoms with van der Waals surface area (Å²) in [6.45, 7) is 8.26. The molecule has 0 aliphatic heterocycles. The molecule has 26 heavy (non-hydrogen) atoms. The van der Waals surface area contributed by atoms with Crippen molar-refractivity contribution in [3.63, 3.8) is 0 Å². The number of nitrogens with one attached hydrogen (secondary N) is 1. The van der Waals surface area contributed by atoms with Gasteiger partial charge < -0.3 is 9.87 Å². The van der Waals surface area contributed by atoms with Gasteiger partial charge in [-0.25, -0.2) is 0 Å². The van der Waals surface area contributed by atoms with Gasteiger partial charge in [0.2, 0.25) is 0 Å². The normalized spacial score (nSPS) is 18.2. The Morgan fingerprint density at radius 3 is 2.46 bits per heavy atom. The van der Waals surface area contributed by atoms with Crippen LogP contribution in [0.25, 0.3) is 0 Å². The predicted octanol–water partition coefficient (Wildman–Crippen LogP) is 5.21. The second kappa shape index (κ2) is 8.51. The monoisotopic (exact) mass is 416 g/mol. The molecule has 1 atom stereocenters. The van der Waals surface area contributed by atoms with Crippen LogP contribution in [0.4, 0.5) is 0 Å². The van der Waals surface area contributed by atoms with Gasteiger partial charge in [0, 0.05) is 17.5 Å². The van der Waals surface area contributed by atoms with E-state index in [4.69, 9.17) is 23.2 Å². The maximum absolute atomic E-state index is 12.3. The Balaban J connectivity index is 1.97. The number of nitrogens with zero attached hydrogens (tertiary/aromatic N) is 1. The lowest BCUT2D eigenvalue weighted by molar-refractivity contribution is 0.0944. The Bertz CT molecular complexity index is 697. The number of carbonyl (C=O) groups excluding carboxylic acids is 1. The smallest absolute Gasteiger partial charge is 0.251 e. The number of benzene rings is 1. The molecule has 0 radical (unpaired) electrons. The van der Waals surface area contributed by atoms with Crippen LogP contribution in [0.5, 0.6) is 0 Å². The van der Waals surface area contributed by atoms with E-state index in [0.29, 0.717) is 22.2 Å². The highest BCUT2D eigenvalue weighted by atomic mass is 35.5.